The lowest BCUT2D eigenvalue weighted by Gasteiger charge is -2.41. The van der Waals surface area contributed by atoms with E-state index in [9.17, 15) is 14.0 Å². The summed E-state index contributed by atoms with van der Waals surface area (Å²) in [5.74, 6) is -0.615. The van der Waals surface area contributed by atoms with Gasteiger partial charge in [-0.1, -0.05) is 6.07 Å². The Morgan fingerprint density at radius 3 is 2.56 bits per heavy atom. The number of nitrogens with zero attached hydrogens (tertiary/aromatic N) is 2. The van der Waals surface area contributed by atoms with Crippen LogP contribution in [-0.2, 0) is 9.59 Å². The molecule has 0 spiro atoms. The first-order chi connectivity index (χ1) is 11.8. The molecule has 1 saturated heterocycles. The summed E-state index contributed by atoms with van der Waals surface area (Å²) in [5, 5.41) is 2.66. The minimum atomic E-state index is -0.400. The third-order valence-electron chi connectivity index (χ3n) is 4.97. The first-order valence-corrected chi connectivity index (χ1v) is 8.87. The fourth-order valence-electron chi connectivity index (χ4n) is 3.39. The van der Waals surface area contributed by atoms with E-state index in [4.69, 9.17) is 0 Å². The number of benzene rings is 1. The molecule has 0 saturated carbocycles. The summed E-state index contributed by atoms with van der Waals surface area (Å²) in [7, 11) is 1.76. The molecule has 3 atom stereocenters. The van der Waals surface area contributed by atoms with Gasteiger partial charge in [-0.2, -0.15) is 0 Å². The lowest BCUT2D eigenvalue weighted by Crippen LogP contribution is -2.54. The van der Waals surface area contributed by atoms with Crippen molar-refractivity contribution >= 4 is 17.5 Å². The van der Waals surface area contributed by atoms with Crippen LogP contribution in [0.3, 0.4) is 0 Å². The number of likely N-dealkylation sites (N-methyl/N-ethyl adjacent to an activating group) is 1. The molecule has 0 aromatic heterocycles. The van der Waals surface area contributed by atoms with Crippen molar-refractivity contribution in [2.45, 2.75) is 58.2 Å². The van der Waals surface area contributed by atoms with Crippen molar-refractivity contribution in [3.05, 3.63) is 30.1 Å². The Morgan fingerprint density at radius 2 is 1.96 bits per heavy atom. The molecule has 1 aliphatic rings. The Labute approximate surface area is 149 Å². The van der Waals surface area contributed by atoms with E-state index in [-0.39, 0.29) is 36.5 Å². The van der Waals surface area contributed by atoms with Gasteiger partial charge in [-0.15, -0.1) is 0 Å². The van der Waals surface area contributed by atoms with Crippen LogP contribution in [0.15, 0.2) is 24.3 Å². The molecule has 6 heteroatoms. The average Bonchev–Trinajstić information content (AvgIpc) is 2.53. The van der Waals surface area contributed by atoms with Crippen molar-refractivity contribution in [1.82, 2.24) is 9.80 Å². The first kappa shape index (κ1) is 19.4. The van der Waals surface area contributed by atoms with E-state index < -0.39 is 5.82 Å². The molecule has 1 N–H and O–H groups in total. The van der Waals surface area contributed by atoms with E-state index in [2.05, 4.69) is 19.2 Å². The molecular weight excluding hydrogens is 321 g/mol. The third kappa shape index (κ3) is 5.01. The van der Waals surface area contributed by atoms with Gasteiger partial charge in [0.15, 0.2) is 0 Å². The Bertz CT molecular complexity index is 612. The van der Waals surface area contributed by atoms with E-state index in [1.54, 1.807) is 24.1 Å². The average molecular weight is 349 g/mol. The highest BCUT2D eigenvalue weighted by Crippen LogP contribution is 2.24. The Hall–Kier alpha value is -1.95. The number of nitrogens with one attached hydrogen (secondary N) is 1. The maximum Gasteiger partial charge on any atom is 0.240 e. The number of anilines is 1. The molecule has 1 aromatic carbocycles. The second-order valence-corrected chi connectivity index (χ2v) is 7.02. The summed E-state index contributed by atoms with van der Waals surface area (Å²) in [6.07, 6.45) is 3.19. The molecule has 1 aliphatic heterocycles. The van der Waals surface area contributed by atoms with Crippen LogP contribution in [0.5, 0.6) is 0 Å². The van der Waals surface area contributed by atoms with Crippen molar-refractivity contribution in [3.8, 4) is 0 Å². The lowest BCUT2D eigenvalue weighted by atomic mass is 9.96. The Balaban J connectivity index is 1.93. The molecule has 25 heavy (non-hydrogen) atoms. The number of amides is 2. The number of rotatable bonds is 5. The monoisotopic (exact) mass is 349 g/mol. The smallest absolute Gasteiger partial charge is 0.240 e. The van der Waals surface area contributed by atoms with Crippen LogP contribution in [0.1, 0.15) is 40.0 Å². The molecule has 0 radical (unpaired) electrons. The van der Waals surface area contributed by atoms with Gasteiger partial charge >= 0.3 is 0 Å². The van der Waals surface area contributed by atoms with Gasteiger partial charge in [-0.05, 0) is 65.3 Å². The molecule has 1 fully saturated rings. The molecule has 0 unspecified atom stereocenters. The Morgan fingerprint density at radius 1 is 1.32 bits per heavy atom. The van der Waals surface area contributed by atoms with Gasteiger partial charge in [0, 0.05) is 17.8 Å². The highest BCUT2D eigenvalue weighted by atomic mass is 19.1. The third-order valence-corrected chi connectivity index (χ3v) is 4.97. The molecule has 138 valence electrons. The maximum atomic E-state index is 13.2. The molecule has 0 bridgehead atoms. The summed E-state index contributed by atoms with van der Waals surface area (Å²) in [6, 6.07) is 5.84. The van der Waals surface area contributed by atoms with Crippen LogP contribution in [0.2, 0.25) is 0 Å². The van der Waals surface area contributed by atoms with Gasteiger partial charge in [0.25, 0.3) is 0 Å². The number of carbonyl (C=O) groups is 2. The highest BCUT2D eigenvalue weighted by Gasteiger charge is 2.33. The van der Waals surface area contributed by atoms with E-state index >= 15 is 0 Å². The number of likely N-dealkylation sites (tertiary alicyclic amines) is 1. The topological polar surface area (TPSA) is 52.7 Å². The molecule has 0 aliphatic carbocycles. The summed E-state index contributed by atoms with van der Waals surface area (Å²) < 4.78 is 13.2. The first-order valence-electron chi connectivity index (χ1n) is 8.87. The van der Waals surface area contributed by atoms with Gasteiger partial charge < -0.3 is 10.2 Å². The summed E-state index contributed by atoms with van der Waals surface area (Å²) in [5.41, 5.74) is 0.413. The SMILES string of the molecule is C[C@H](C(=O)N1[C@@H](C)CCC[C@@H]1C)N(C)CC(=O)Nc1cccc(F)c1. The van der Waals surface area contributed by atoms with Crippen LogP contribution in [0.25, 0.3) is 0 Å². The zero-order chi connectivity index (χ0) is 18.6. The molecule has 2 amide bonds. The molecule has 1 aromatic rings. The zero-order valence-electron chi connectivity index (χ0n) is 15.5. The van der Waals surface area contributed by atoms with Crippen LogP contribution in [-0.4, -0.2) is 53.3 Å². The number of carbonyl (C=O) groups excluding carboxylic acids is 2. The second kappa shape index (κ2) is 8.43. The van der Waals surface area contributed by atoms with Crippen LogP contribution >= 0.6 is 0 Å². The van der Waals surface area contributed by atoms with E-state index in [0.29, 0.717) is 5.69 Å². The maximum absolute atomic E-state index is 13.2. The lowest BCUT2D eigenvalue weighted by molar-refractivity contribution is -0.142. The quantitative estimate of drug-likeness (QED) is 0.889. The largest absolute Gasteiger partial charge is 0.336 e. The normalized spacial score (nSPS) is 21.9. The van der Waals surface area contributed by atoms with Gasteiger partial charge in [0.05, 0.1) is 12.6 Å². The van der Waals surface area contributed by atoms with Crippen molar-refractivity contribution in [2.24, 2.45) is 0 Å². The van der Waals surface area contributed by atoms with Gasteiger partial charge in [0.1, 0.15) is 5.82 Å². The number of halogens is 1. The fourth-order valence-corrected chi connectivity index (χ4v) is 3.39. The van der Waals surface area contributed by atoms with E-state index in [0.717, 1.165) is 19.3 Å². The fraction of sp³-hybridized carbons (Fsp3) is 0.579. The van der Waals surface area contributed by atoms with Crippen LogP contribution in [0.4, 0.5) is 10.1 Å². The van der Waals surface area contributed by atoms with Gasteiger partial charge in [-0.25, -0.2) is 4.39 Å². The number of piperidine rings is 1. The van der Waals surface area contributed by atoms with Crippen molar-refractivity contribution in [2.75, 3.05) is 18.9 Å². The van der Waals surface area contributed by atoms with Crippen molar-refractivity contribution < 1.29 is 14.0 Å². The van der Waals surface area contributed by atoms with Gasteiger partial charge in [-0.3, -0.25) is 14.5 Å². The predicted octanol–water partition coefficient (Wildman–Crippen LogP) is 2.87. The second-order valence-electron chi connectivity index (χ2n) is 7.02. The summed E-state index contributed by atoms with van der Waals surface area (Å²) in [4.78, 5) is 28.7. The molecule has 5 nitrogen and oxygen atoms in total. The molecular formula is C19H28FN3O2. The molecule has 1 heterocycles. The number of hydrogen-bond acceptors (Lipinski definition) is 3. The minimum absolute atomic E-state index is 0.0563. The van der Waals surface area contributed by atoms with E-state index in [1.807, 2.05) is 11.8 Å². The summed E-state index contributed by atoms with van der Waals surface area (Å²) in [6.45, 7) is 6.06. The molecule has 2 rings (SSSR count). The highest BCUT2D eigenvalue weighted by molar-refractivity contribution is 5.92. The van der Waals surface area contributed by atoms with E-state index in [1.165, 1.54) is 12.1 Å². The van der Waals surface area contributed by atoms with Crippen molar-refractivity contribution in [3.63, 3.8) is 0 Å². The minimum Gasteiger partial charge on any atom is -0.336 e. The van der Waals surface area contributed by atoms with Crippen LogP contribution in [0, 0.1) is 5.82 Å². The standard InChI is InChI=1S/C19H28FN3O2/c1-13-7-5-8-14(2)23(13)19(25)15(3)22(4)12-18(24)21-17-10-6-9-16(20)11-17/h6,9-11,13-15H,5,7-8,12H2,1-4H3,(H,21,24)/t13-,14-,15+/m0/s1. The zero-order valence-corrected chi connectivity index (χ0v) is 15.5. The van der Waals surface area contributed by atoms with Crippen molar-refractivity contribution in [1.29, 1.82) is 0 Å². The summed E-state index contributed by atoms with van der Waals surface area (Å²) >= 11 is 0. The number of hydrogen-bond donors (Lipinski definition) is 1. The van der Waals surface area contributed by atoms with Crippen LogP contribution < -0.4 is 5.32 Å². The predicted molar refractivity (Wildman–Crippen MR) is 96.7 cm³/mol. The van der Waals surface area contributed by atoms with Gasteiger partial charge in [0.2, 0.25) is 11.8 Å². The Kier molecular flexibility index (Phi) is 6.53.